The Morgan fingerprint density at radius 1 is 0.839 bits per heavy atom. The van der Waals surface area contributed by atoms with E-state index >= 15 is 0 Å². The summed E-state index contributed by atoms with van der Waals surface area (Å²) >= 11 is 1.58. The van der Waals surface area contributed by atoms with Gasteiger partial charge in [-0.3, -0.25) is 29.4 Å². The van der Waals surface area contributed by atoms with Crippen molar-refractivity contribution in [2.45, 2.75) is 74.8 Å². The van der Waals surface area contributed by atoms with E-state index in [0.29, 0.717) is 16.9 Å². The zero-order valence-electron chi connectivity index (χ0n) is 31.1. The molecule has 14 heteroatoms. The molecule has 5 aromatic rings. The Kier molecular flexibility index (Phi) is 11.1. The van der Waals surface area contributed by atoms with Crippen LogP contribution in [0.2, 0.25) is 0 Å². The van der Waals surface area contributed by atoms with Crippen molar-refractivity contribution in [2.24, 2.45) is 0 Å². The molecule has 2 atom stereocenters. The molecule has 0 aliphatic carbocycles. The van der Waals surface area contributed by atoms with Crippen molar-refractivity contribution in [1.29, 1.82) is 0 Å². The van der Waals surface area contributed by atoms with Crippen molar-refractivity contribution in [2.75, 3.05) is 31.1 Å². The van der Waals surface area contributed by atoms with Gasteiger partial charge in [0.2, 0.25) is 11.8 Å². The van der Waals surface area contributed by atoms with Gasteiger partial charge in [-0.1, -0.05) is 43.5 Å². The summed E-state index contributed by atoms with van der Waals surface area (Å²) in [4.78, 5) is 63.9. The average Bonchev–Trinajstić information content (AvgIpc) is 3.72. The van der Waals surface area contributed by atoms with Gasteiger partial charge in [-0.2, -0.15) is 5.10 Å². The number of imide groups is 2. The monoisotopic (exact) mass is 772 g/mol. The Hall–Kier alpha value is -5.60. The molecular weight excluding hydrogens is 729 g/mol. The van der Waals surface area contributed by atoms with Crippen LogP contribution in [0.15, 0.2) is 84.0 Å². The molecule has 13 nitrogen and oxygen atoms in total. The number of nitrogens with one attached hydrogen (secondary N) is 1. The number of unbranched alkanes of at least 4 members (excludes halogenated alkanes) is 4. The molecule has 2 aromatic heterocycles. The highest BCUT2D eigenvalue weighted by Gasteiger charge is 2.45. The number of nitrogens with zero attached hydrogens (tertiary/aromatic N) is 6. The van der Waals surface area contributed by atoms with Crippen molar-refractivity contribution < 1.29 is 23.9 Å². The lowest BCUT2D eigenvalue weighted by atomic mass is 10.0. The molecule has 8 rings (SSSR count). The Balaban J connectivity index is 0.811. The lowest BCUT2D eigenvalue weighted by Crippen LogP contribution is -2.54. The predicted octanol–water partition coefficient (Wildman–Crippen LogP) is 6.65. The molecule has 0 spiro atoms. The molecule has 4 amide bonds. The molecular formula is C42H44N8O5S. The van der Waals surface area contributed by atoms with E-state index in [2.05, 4.69) is 24.9 Å². The fourth-order valence-corrected chi connectivity index (χ4v) is 9.03. The minimum atomic E-state index is -0.961. The molecule has 2 saturated heterocycles. The van der Waals surface area contributed by atoms with Crippen LogP contribution in [0.25, 0.3) is 22.3 Å². The van der Waals surface area contributed by atoms with E-state index in [1.54, 1.807) is 23.9 Å². The molecule has 56 heavy (non-hydrogen) atoms. The van der Waals surface area contributed by atoms with E-state index in [1.165, 1.54) is 6.33 Å². The lowest BCUT2D eigenvalue weighted by Gasteiger charge is -2.33. The minimum Gasteiger partial charge on any atom is -0.457 e. The number of amides is 4. The molecule has 0 bridgehead atoms. The number of ether oxygens (including phenoxy) is 1. The van der Waals surface area contributed by atoms with Crippen LogP contribution in [0.1, 0.15) is 84.5 Å². The van der Waals surface area contributed by atoms with Crippen molar-refractivity contribution >= 4 is 52.2 Å². The number of fused-ring (bicyclic) bond motifs is 2. The van der Waals surface area contributed by atoms with E-state index in [1.807, 2.05) is 60.7 Å². The zero-order chi connectivity index (χ0) is 38.6. The third-order valence-corrected chi connectivity index (χ3v) is 11.9. The minimum absolute atomic E-state index is 0.0998. The van der Waals surface area contributed by atoms with Crippen molar-refractivity contribution in [3.63, 3.8) is 0 Å². The summed E-state index contributed by atoms with van der Waals surface area (Å²) in [5, 5.41) is 8.13. The first-order chi connectivity index (χ1) is 27.4. The van der Waals surface area contributed by atoms with Gasteiger partial charge >= 0.3 is 0 Å². The van der Waals surface area contributed by atoms with Crippen LogP contribution >= 0.6 is 11.8 Å². The Labute approximate surface area is 329 Å². The third kappa shape index (κ3) is 7.76. The van der Waals surface area contributed by atoms with Gasteiger partial charge in [0.25, 0.3) is 11.8 Å². The van der Waals surface area contributed by atoms with Crippen LogP contribution in [0.5, 0.6) is 11.5 Å². The van der Waals surface area contributed by atoms with Gasteiger partial charge in [-0.25, -0.2) is 14.6 Å². The maximum absolute atomic E-state index is 13.4. The van der Waals surface area contributed by atoms with Gasteiger partial charge in [0.05, 0.1) is 22.6 Å². The summed E-state index contributed by atoms with van der Waals surface area (Å²) in [5.41, 5.74) is 9.57. The number of benzene rings is 3. The summed E-state index contributed by atoms with van der Waals surface area (Å²) in [6.45, 7) is 2.97. The van der Waals surface area contributed by atoms with Crippen LogP contribution in [0, 0.1) is 0 Å². The highest BCUT2D eigenvalue weighted by Crippen LogP contribution is 2.36. The average molecular weight is 773 g/mol. The predicted molar refractivity (Wildman–Crippen MR) is 213 cm³/mol. The second-order valence-electron chi connectivity index (χ2n) is 14.5. The van der Waals surface area contributed by atoms with Crippen LogP contribution in [0.3, 0.4) is 0 Å². The van der Waals surface area contributed by atoms with Crippen molar-refractivity contribution in [3.05, 3.63) is 90.3 Å². The number of carbonyl (C=O) groups excluding carboxylic acids is 4. The van der Waals surface area contributed by atoms with Crippen LogP contribution in [-0.2, 0) is 9.59 Å². The van der Waals surface area contributed by atoms with E-state index in [4.69, 9.17) is 15.6 Å². The molecule has 0 saturated carbocycles. The first-order valence-electron chi connectivity index (χ1n) is 19.4. The number of nitrogens with two attached hydrogens (primary N) is 1. The number of hydrogen-bond donors (Lipinski definition) is 2. The zero-order valence-corrected chi connectivity index (χ0v) is 31.9. The number of para-hydroxylation sites is 1. The smallest absolute Gasteiger partial charge is 0.263 e. The molecule has 1 unspecified atom stereocenters. The summed E-state index contributed by atoms with van der Waals surface area (Å²) < 4.78 is 8.05. The quantitative estimate of drug-likeness (QED) is 0.0705. The molecule has 3 aliphatic rings. The largest absolute Gasteiger partial charge is 0.457 e. The standard InChI is InChI=1S/C42H44N8O5S/c43-38-36-37(27-16-18-30(19-17-27)55-29-12-5-4-6-13-29)47-50(39(36)45-26-44-38)28-11-10-23-48(25-28)22-7-2-1-3-8-24-56-33-15-9-14-31-35(33)42(54)49(41(31)53)32-20-21-34(51)46-40(32)52/h4-6,9,12-19,26,28,32H,1-3,7-8,10-11,20-25H2,(H2,43,44,45)(H,46,51,52)/t28-,32?/m1/s1. The molecule has 0 radical (unpaired) electrons. The topological polar surface area (TPSA) is 166 Å². The Morgan fingerprint density at radius 2 is 1.62 bits per heavy atom. The number of hydrogen-bond acceptors (Lipinski definition) is 11. The summed E-state index contributed by atoms with van der Waals surface area (Å²) in [7, 11) is 0. The first kappa shape index (κ1) is 37.3. The summed E-state index contributed by atoms with van der Waals surface area (Å²) in [5.74, 6) is 0.843. The van der Waals surface area contributed by atoms with Gasteiger partial charge in [-0.15, -0.1) is 11.8 Å². The number of anilines is 1. The number of nitrogen functional groups attached to an aromatic ring is 1. The number of thioether (sulfide) groups is 1. The molecule has 3 aliphatic heterocycles. The summed E-state index contributed by atoms with van der Waals surface area (Å²) in [6.07, 6.45) is 9.26. The number of piperidine rings is 2. The van der Waals surface area contributed by atoms with Gasteiger partial charge in [0.1, 0.15) is 35.4 Å². The van der Waals surface area contributed by atoms with Gasteiger partial charge in [-0.05, 0) is 99.5 Å². The van der Waals surface area contributed by atoms with E-state index in [9.17, 15) is 19.2 Å². The SMILES string of the molecule is Nc1ncnc2c1c(-c1ccc(Oc3ccccc3)cc1)nn2[C@@H]1CCCN(CCCCCCCSc2cccc3c2C(=O)N(C2CCC(=O)NC2=O)C3=O)C1. The van der Waals surface area contributed by atoms with Gasteiger partial charge in [0.15, 0.2) is 5.65 Å². The second kappa shape index (κ2) is 16.6. The maximum Gasteiger partial charge on any atom is 0.263 e. The number of rotatable bonds is 14. The molecule has 288 valence electrons. The second-order valence-corrected chi connectivity index (χ2v) is 15.7. The van der Waals surface area contributed by atoms with E-state index in [-0.39, 0.29) is 24.8 Å². The maximum atomic E-state index is 13.4. The van der Waals surface area contributed by atoms with Gasteiger partial charge in [0, 0.05) is 23.4 Å². The Bertz CT molecular complexity index is 2260. The number of likely N-dealkylation sites (tertiary alicyclic amines) is 1. The Morgan fingerprint density at radius 3 is 2.45 bits per heavy atom. The van der Waals surface area contributed by atoms with Crippen LogP contribution in [-0.4, -0.2) is 84.6 Å². The van der Waals surface area contributed by atoms with Crippen molar-refractivity contribution in [1.82, 2.24) is 34.9 Å². The number of carbonyl (C=O) groups is 4. The van der Waals surface area contributed by atoms with Crippen molar-refractivity contribution in [3.8, 4) is 22.8 Å². The molecule has 5 heterocycles. The fourth-order valence-electron chi connectivity index (χ4n) is 7.95. The summed E-state index contributed by atoms with van der Waals surface area (Å²) in [6, 6.07) is 22.1. The highest BCUT2D eigenvalue weighted by molar-refractivity contribution is 7.99. The fraction of sp³-hybridized carbons (Fsp3) is 0.357. The lowest BCUT2D eigenvalue weighted by molar-refractivity contribution is -0.136. The van der Waals surface area contributed by atoms with Crippen LogP contribution < -0.4 is 15.8 Å². The molecule has 3 aromatic carbocycles. The highest BCUT2D eigenvalue weighted by atomic mass is 32.2. The van der Waals surface area contributed by atoms with Gasteiger partial charge < -0.3 is 15.4 Å². The number of aromatic nitrogens is 4. The van der Waals surface area contributed by atoms with Crippen LogP contribution in [0.4, 0.5) is 5.82 Å². The van der Waals surface area contributed by atoms with E-state index in [0.717, 1.165) is 114 Å². The third-order valence-electron chi connectivity index (χ3n) is 10.8. The molecule has 2 fully saturated rings. The first-order valence-corrected chi connectivity index (χ1v) is 20.4. The molecule has 3 N–H and O–H groups in total. The normalized spacial score (nSPS) is 18.8. The van der Waals surface area contributed by atoms with E-state index < -0.39 is 23.8 Å².